The topological polar surface area (TPSA) is 92.4 Å². The molecule has 0 bridgehead atoms. The van der Waals surface area contributed by atoms with Gasteiger partial charge in [0.2, 0.25) is 0 Å². The minimum Gasteiger partial charge on any atom is -0.388 e. The van der Waals surface area contributed by atoms with Crippen LogP contribution in [0, 0.1) is 0 Å². The number of nitrogens with zero attached hydrogens (tertiary/aromatic N) is 2. The summed E-state index contributed by atoms with van der Waals surface area (Å²) < 4.78 is 28.6. The van der Waals surface area contributed by atoms with Crippen LogP contribution in [-0.4, -0.2) is 45.3 Å². The van der Waals surface area contributed by atoms with E-state index >= 15 is 0 Å². The molecule has 0 fully saturated rings. The molecular formula is C28H30Cl2N2O4S. The van der Waals surface area contributed by atoms with E-state index in [0.717, 1.165) is 11.8 Å². The summed E-state index contributed by atoms with van der Waals surface area (Å²) in [6, 6.07) is 14.2. The highest BCUT2D eigenvalue weighted by Crippen LogP contribution is 2.47. The summed E-state index contributed by atoms with van der Waals surface area (Å²) in [6.45, 7) is 6.31. The Kier molecular flexibility index (Phi) is 7.01. The molecule has 2 aromatic carbocycles. The molecule has 0 amide bonds. The Morgan fingerprint density at radius 2 is 1.70 bits per heavy atom. The number of hydrogen-bond acceptors (Lipinski definition) is 5. The lowest BCUT2D eigenvalue weighted by Crippen LogP contribution is -2.60. The molecule has 1 aromatic heterocycles. The number of benzene rings is 2. The Labute approximate surface area is 227 Å². The average Bonchev–Trinajstić information content (AvgIpc) is 3.24. The number of sulfone groups is 1. The molecule has 4 rings (SSSR count). The van der Waals surface area contributed by atoms with Crippen LogP contribution in [0.3, 0.4) is 0 Å². The predicted octanol–water partition coefficient (Wildman–Crippen LogP) is 5.62. The van der Waals surface area contributed by atoms with E-state index in [1.165, 1.54) is 0 Å². The summed E-state index contributed by atoms with van der Waals surface area (Å²) in [7, 11) is -3.82. The first-order valence-electron chi connectivity index (χ1n) is 11.7. The molecule has 6 nitrogen and oxygen atoms in total. The molecule has 1 aliphatic rings. The zero-order valence-electron chi connectivity index (χ0n) is 21.3. The molecule has 3 aromatic rings. The van der Waals surface area contributed by atoms with Crippen LogP contribution >= 0.6 is 23.2 Å². The van der Waals surface area contributed by atoms with Crippen molar-refractivity contribution in [2.75, 3.05) is 6.26 Å². The summed E-state index contributed by atoms with van der Waals surface area (Å²) in [5.41, 5.74) is -2.27. The third-order valence-electron chi connectivity index (χ3n) is 6.73. The van der Waals surface area contributed by atoms with Gasteiger partial charge in [-0.1, -0.05) is 65.7 Å². The number of allylic oxidation sites excluding steroid dienone is 2. The van der Waals surface area contributed by atoms with Gasteiger partial charge in [-0.15, -0.1) is 0 Å². The van der Waals surface area contributed by atoms with Crippen molar-refractivity contribution in [1.29, 1.82) is 0 Å². The van der Waals surface area contributed by atoms with E-state index in [2.05, 4.69) is 0 Å². The first kappa shape index (κ1) is 27.6. The number of aromatic nitrogens is 2. The van der Waals surface area contributed by atoms with E-state index in [-0.39, 0.29) is 0 Å². The number of rotatable bonds is 6. The highest BCUT2D eigenvalue weighted by atomic mass is 35.5. The fourth-order valence-electron chi connectivity index (χ4n) is 4.82. The molecule has 2 unspecified atom stereocenters. The van der Waals surface area contributed by atoms with Crippen LogP contribution in [0.15, 0.2) is 73.0 Å². The van der Waals surface area contributed by atoms with Crippen LogP contribution in [0.4, 0.5) is 0 Å². The van der Waals surface area contributed by atoms with Crippen molar-refractivity contribution in [2.24, 2.45) is 0 Å². The summed E-state index contributed by atoms with van der Waals surface area (Å²) in [5.74, 6) is 0.322. The summed E-state index contributed by atoms with van der Waals surface area (Å²) >= 11 is 12.8. The molecule has 1 aliphatic carbocycles. The molecule has 0 spiro atoms. The number of aliphatic hydroxyl groups is 2. The Morgan fingerprint density at radius 3 is 2.27 bits per heavy atom. The zero-order valence-corrected chi connectivity index (χ0v) is 23.6. The minimum atomic E-state index is -3.82. The Balaban J connectivity index is 2.08. The van der Waals surface area contributed by atoms with Crippen molar-refractivity contribution >= 4 is 38.6 Å². The van der Waals surface area contributed by atoms with Crippen molar-refractivity contribution in [2.45, 2.75) is 49.7 Å². The lowest BCUT2D eigenvalue weighted by molar-refractivity contribution is -0.0165. The molecule has 37 heavy (non-hydrogen) atoms. The van der Waals surface area contributed by atoms with E-state index in [0.29, 0.717) is 32.7 Å². The Hall–Kier alpha value is -2.42. The fraction of sp³-hybridized carbons (Fsp3) is 0.321. The first-order valence-corrected chi connectivity index (χ1v) is 14.4. The number of halogens is 2. The second-order valence-corrected chi connectivity index (χ2v) is 13.5. The smallest absolute Gasteiger partial charge is 0.156 e. The van der Waals surface area contributed by atoms with Crippen molar-refractivity contribution in [3.63, 3.8) is 0 Å². The van der Waals surface area contributed by atoms with Gasteiger partial charge in [0.25, 0.3) is 0 Å². The van der Waals surface area contributed by atoms with Crippen LogP contribution < -0.4 is 0 Å². The van der Waals surface area contributed by atoms with Gasteiger partial charge >= 0.3 is 0 Å². The van der Waals surface area contributed by atoms with Crippen LogP contribution in [-0.2, 0) is 21.0 Å². The molecular weight excluding hydrogens is 531 g/mol. The van der Waals surface area contributed by atoms with Gasteiger partial charge in [0, 0.05) is 23.0 Å². The maximum absolute atomic E-state index is 13.5. The van der Waals surface area contributed by atoms with Crippen molar-refractivity contribution < 1.29 is 18.6 Å². The lowest BCUT2D eigenvalue weighted by atomic mass is 9.74. The van der Waals surface area contributed by atoms with Gasteiger partial charge in [0.15, 0.2) is 9.84 Å². The average molecular weight is 562 g/mol. The van der Waals surface area contributed by atoms with Crippen molar-refractivity contribution in [3.05, 3.63) is 94.3 Å². The number of imidazole rings is 1. The Bertz CT molecular complexity index is 1510. The predicted molar refractivity (Wildman–Crippen MR) is 149 cm³/mol. The van der Waals surface area contributed by atoms with E-state index in [1.807, 2.05) is 6.07 Å². The lowest BCUT2D eigenvalue weighted by Gasteiger charge is -2.48. The minimum absolute atomic E-state index is 0.302. The van der Waals surface area contributed by atoms with Crippen LogP contribution in [0.2, 0.25) is 10.0 Å². The molecule has 1 heterocycles. The van der Waals surface area contributed by atoms with E-state index in [9.17, 15) is 18.6 Å². The summed E-state index contributed by atoms with van der Waals surface area (Å²) in [4.78, 5) is 4.70. The first-order chi connectivity index (χ1) is 17.1. The fourth-order valence-corrected chi connectivity index (χ4v) is 6.76. The molecule has 9 heteroatoms. The summed E-state index contributed by atoms with van der Waals surface area (Å²) in [6.07, 6.45) is 7.86. The van der Waals surface area contributed by atoms with Gasteiger partial charge in [0.05, 0.1) is 16.3 Å². The van der Waals surface area contributed by atoms with E-state index < -0.39 is 31.8 Å². The van der Waals surface area contributed by atoms with Crippen LogP contribution in [0.1, 0.15) is 39.0 Å². The highest BCUT2D eigenvalue weighted by Gasteiger charge is 2.55. The normalized spacial score (nSPS) is 20.7. The molecule has 0 aliphatic heterocycles. The maximum Gasteiger partial charge on any atom is 0.156 e. The summed E-state index contributed by atoms with van der Waals surface area (Å²) in [5, 5.41) is 22.3. The largest absolute Gasteiger partial charge is 0.388 e. The number of hydrogen-bond donors (Lipinski definition) is 2. The second-order valence-electron chi connectivity index (χ2n) is 10.5. The van der Waals surface area contributed by atoms with Crippen LogP contribution in [0.25, 0.3) is 17.0 Å². The molecule has 2 N–H and O–H groups in total. The molecule has 0 saturated heterocycles. The third-order valence-corrected chi connectivity index (χ3v) is 8.71. The van der Waals surface area contributed by atoms with Gasteiger partial charge in [-0.25, -0.2) is 13.4 Å². The molecule has 196 valence electrons. The van der Waals surface area contributed by atoms with Crippen molar-refractivity contribution in [3.8, 4) is 11.4 Å². The quantitative estimate of drug-likeness (QED) is 0.408. The third kappa shape index (κ3) is 5.03. The monoisotopic (exact) mass is 560 g/mol. The van der Waals surface area contributed by atoms with Crippen molar-refractivity contribution in [1.82, 2.24) is 9.55 Å². The van der Waals surface area contributed by atoms with Gasteiger partial charge in [-0.3, -0.25) is 0 Å². The van der Waals surface area contributed by atoms with E-state index in [4.69, 9.17) is 28.2 Å². The SMILES string of the molecule is CC(C)(O)c1cn(C2(C(C)(C)O)C=CC(c3cccc(Cl)c3)=CC2S(C)(=O)=O)c(-c2ccccc2Cl)n1. The standard InChI is InChI=1S/C28H30Cl2N2O4S/c1-26(2,33)23-17-32(25(31-23)21-11-6-7-12-22(21)30)28(27(3,4)34)14-13-19(16-24(28)37(5,35)36)18-9-8-10-20(29)15-18/h6-17,24,33-34H,1-5H3. The Morgan fingerprint density at radius 1 is 1.03 bits per heavy atom. The maximum atomic E-state index is 13.5. The second kappa shape index (κ2) is 9.40. The highest BCUT2D eigenvalue weighted by molar-refractivity contribution is 7.91. The molecule has 2 atom stereocenters. The van der Waals surface area contributed by atoms with E-state index in [1.54, 1.807) is 99.2 Å². The zero-order chi connectivity index (χ0) is 27.4. The molecule has 0 saturated carbocycles. The van der Waals surface area contributed by atoms with Gasteiger partial charge in [-0.2, -0.15) is 0 Å². The van der Waals surface area contributed by atoms with Gasteiger partial charge < -0.3 is 14.8 Å². The van der Waals surface area contributed by atoms with Crippen LogP contribution in [0.5, 0.6) is 0 Å². The van der Waals surface area contributed by atoms with Gasteiger partial charge in [-0.05, 0) is 63.1 Å². The van der Waals surface area contributed by atoms with Gasteiger partial charge in [0.1, 0.15) is 22.2 Å². The molecule has 0 radical (unpaired) electrons.